The molecule has 6 heteroatoms. The number of rotatable bonds is 4. The van der Waals surface area contributed by atoms with Crippen molar-refractivity contribution in [1.29, 1.82) is 0 Å². The van der Waals surface area contributed by atoms with Gasteiger partial charge in [0.2, 0.25) is 0 Å². The normalized spacial score (nSPS) is 23.6. The Morgan fingerprint density at radius 2 is 2.47 bits per heavy atom. The Morgan fingerprint density at radius 3 is 3.12 bits per heavy atom. The molecule has 1 aliphatic rings. The van der Waals surface area contributed by atoms with Crippen LogP contribution in [-0.2, 0) is 4.74 Å². The highest BCUT2D eigenvalue weighted by molar-refractivity contribution is 5.86. The number of aromatic nitrogens is 1. The van der Waals surface area contributed by atoms with E-state index in [-0.39, 0.29) is 23.9 Å². The Hall–Kier alpha value is -1.56. The zero-order valence-electron chi connectivity index (χ0n) is 9.72. The van der Waals surface area contributed by atoms with E-state index in [1.54, 1.807) is 6.92 Å². The molecule has 1 saturated carbocycles. The van der Waals surface area contributed by atoms with Crippen molar-refractivity contribution in [2.24, 2.45) is 5.73 Å². The maximum atomic E-state index is 11.3. The number of esters is 1. The van der Waals surface area contributed by atoms with Crippen molar-refractivity contribution in [1.82, 2.24) is 4.98 Å². The molecule has 6 nitrogen and oxygen atoms in total. The van der Waals surface area contributed by atoms with Crippen molar-refractivity contribution in [2.75, 3.05) is 6.61 Å². The second kappa shape index (κ2) is 5.18. The van der Waals surface area contributed by atoms with E-state index < -0.39 is 5.97 Å². The van der Waals surface area contributed by atoms with Crippen LogP contribution in [0.15, 0.2) is 10.7 Å². The standard InChI is InChI=1S/C11H16N2O4/c1-2-15-10(14)8-6-16-11(13-8)17-9-5-3-4-7(9)12/h6-7,9H,2-5,12H2,1H3. The zero-order valence-corrected chi connectivity index (χ0v) is 9.72. The summed E-state index contributed by atoms with van der Waals surface area (Å²) in [6, 6.07) is 0.00735. The van der Waals surface area contributed by atoms with Gasteiger partial charge in [0.25, 0.3) is 0 Å². The summed E-state index contributed by atoms with van der Waals surface area (Å²) in [5, 5.41) is 0. The molecule has 0 aromatic carbocycles. The molecule has 2 atom stereocenters. The van der Waals surface area contributed by atoms with E-state index in [0.717, 1.165) is 19.3 Å². The van der Waals surface area contributed by atoms with Crippen LogP contribution in [0.2, 0.25) is 0 Å². The van der Waals surface area contributed by atoms with Gasteiger partial charge in [-0.05, 0) is 26.2 Å². The highest BCUT2D eigenvalue weighted by Crippen LogP contribution is 2.23. The Bertz CT molecular complexity index is 391. The van der Waals surface area contributed by atoms with Crippen molar-refractivity contribution in [3.63, 3.8) is 0 Å². The van der Waals surface area contributed by atoms with E-state index in [0.29, 0.717) is 6.61 Å². The summed E-state index contributed by atoms with van der Waals surface area (Å²) in [4.78, 5) is 15.2. The van der Waals surface area contributed by atoms with Crippen LogP contribution in [0.5, 0.6) is 6.08 Å². The van der Waals surface area contributed by atoms with Crippen molar-refractivity contribution in [2.45, 2.75) is 38.3 Å². The molecule has 0 bridgehead atoms. The first-order chi connectivity index (χ1) is 8.20. The second-order valence-electron chi connectivity index (χ2n) is 3.97. The number of nitrogens with zero attached hydrogens (tertiary/aromatic N) is 1. The quantitative estimate of drug-likeness (QED) is 0.793. The van der Waals surface area contributed by atoms with Gasteiger partial charge >= 0.3 is 12.0 Å². The fourth-order valence-electron chi connectivity index (χ4n) is 1.84. The molecule has 0 aliphatic heterocycles. The summed E-state index contributed by atoms with van der Waals surface area (Å²) in [6.45, 7) is 2.03. The predicted octanol–water partition coefficient (Wildman–Crippen LogP) is 1.11. The maximum absolute atomic E-state index is 11.3. The largest absolute Gasteiger partial charge is 0.461 e. The van der Waals surface area contributed by atoms with Gasteiger partial charge in [-0.15, -0.1) is 0 Å². The molecular weight excluding hydrogens is 224 g/mol. The Kier molecular flexibility index (Phi) is 3.63. The number of carbonyl (C=O) groups excluding carboxylic acids is 1. The van der Waals surface area contributed by atoms with Gasteiger partial charge in [0, 0.05) is 6.04 Å². The monoisotopic (exact) mass is 240 g/mol. The van der Waals surface area contributed by atoms with Gasteiger partial charge in [0.1, 0.15) is 12.4 Å². The van der Waals surface area contributed by atoms with E-state index in [1.807, 2.05) is 0 Å². The second-order valence-corrected chi connectivity index (χ2v) is 3.97. The lowest BCUT2D eigenvalue weighted by Crippen LogP contribution is -2.33. The fourth-order valence-corrected chi connectivity index (χ4v) is 1.84. The van der Waals surface area contributed by atoms with Crippen LogP contribution in [-0.4, -0.2) is 29.7 Å². The number of nitrogens with two attached hydrogens (primary N) is 1. The first kappa shape index (κ1) is 11.9. The summed E-state index contributed by atoms with van der Waals surface area (Å²) in [5.74, 6) is -0.512. The molecule has 94 valence electrons. The molecule has 1 aliphatic carbocycles. The molecule has 1 aromatic heterocycles. The van der Waals surface area contributed by atoms with Crippen LogP contribution in [0, 0.1) is 0 Å². The highest BCUT2D eigenvalue weighted by atomic mass is 16.6. The van der Waals surface area contributed by atoms with Gasteiger partial charge in [-0.1, -0.05) is 0 Å². The minimum Gasteiger partial charge on any atom is -0.461 e. The van der Waals surface area contributed by atoms with Crippen molar-refractivity contribution in [3.05, 3.63) is 12.0 Å². The first-order valence-corrected chi connectivity index (χ1v) is 5.75. The van der Waals surface area contributed by atoms with Gasteiger partial charge in [-0.2, -0.15) is 4.98 Å². The molecule has 0 saturated heterocycles. The highest BCUT2D eigenvalue weighted by Gasteiger charge is 2.27. The molecule has 2 N–H and O–H groups in total. The molecular formula is C11H16N2O4. The minimum absolute atomic E-state index is 0.00735. The van der Waals surface area contributed by atoms with Gasteiger partial charge in [-0.3, -0.25) is 0 Å². The van der Waals surface area contributed by atoms with Crippen molar-refractivity contribution in [3.8, 4) is 6.08 Å². The lowest BCUT2D eigenvalue weighted by atomic mass is 10.2. The smallest absolute Gasteiger partial charge is 0.394 e. The van der Waals surface area contributed by atoms with Crippen LogP contribution in [0.4, 0.5) is 0 Å². The predicted molar refractivity (Wildman–Crippen MR) is 58.7 cm³/mol. The summed E-state index contributed by atoms with van der Waals surface area (Å²) in [7, 11) is 0. The van der Waals surface area contributed by atoms with E-state index >= 15 is 0 Å². The SMILES string of the molecule is CCOC(=O)c1coc(OC2CCCC2N)n1. The minimum atomic E-state index is -0.512. The number of carbonyl (C=O) groups is 1. The van der Waals surface area contributed by atoms with Crippen molar-refractivity contribution < 1.29 is 18.7 Å². The van der Waals surface area contributed by atoms with Gasteiger partial charge in [0.05, 0.1) is 6.61 Å². The zero-order chi connectivity index (χ0) is 12.3. The third-order valence-electron chi connectivity index (χ3n) is 2.72. The van der Waals surface area contributed by atoms with Crippen molar-refractivity contribution >= 4 is 5.97 Å². The molecule has 1 heterocycles. The van der Waals surface area contributed by atoms with E-state index in [1.165, 1.54) is 6.26 Å². The van der Waals surface area contributed by atoms with E-state index in [2.05, 4.69) is 4.98 Å². The van der Waals surface area contributed by atoms with Gasteiger partial charge in [-0.25, -0.2) is 4.79 Å². The molecule has 2 unspecified atom stereocenters. The van der Waals surface area contributed by atoms with E-state index in [9.17, 15) is 4.79 Å². The third-order valence-corrected chi connectivity index (χ3v) is 2.72. The Morgan fingerprint density at radius 1 is 1.65 bits per heavy atom. The van der Waals surface area contributed by atoms with Crippen LogP contribution < -0.4 is 10.5 Å². The van der Waals surface area contributed by atoms with Gasteiger partial charge < -0.3 is 19.6 Å². The molecule has 1 fully saturated rings. The maximum Gasteiger partial charge on any atom is 0.394 e. The lowest BCUT2D eigenvalue weighted by Gasteiger charge is -2.13. The molecule has 0 amide bonds. The molecule has 0 spiro atoms. The molecule has 2 rings (SSSR count). The van der Waals surface area contributed by atoms with Crippen LogP contribution >= 0.6 is 0 Å². The topological polar surface area (TPSA) is 87.6 Å². The first-order valence-electron chi connectivity index (χ1n) is 5.75. The number of oxazole rings is 1. The van der Waals surface area contributed by atoms with Crippen LogP contribution in [0.3, 0.4) is 0 Å². The Balaban J connectivity index is 1.96. The van der Waals surface area contributed by atoms with E-state index in [4.69, 9.17) is 19.6 Å². The number of hydrogen-bond acceptors (Lipinski definition) is 6. The van der Waals surface area contributed by atoms with Gasteiger partial charge in [0.15, 0.2) is 5.69 Å². The lowest BCUT2D eigenvalue weighted by molar-refractivity contribution is 0.0518. The molecule has 1 aromatic rings. The summed E-state index contributed by atoms with van der Waals surface area (Å²) >= 11 is 0. The van der Waals surface area contributed by atoms with Crippen LogP contribution in [0.1, 0.15) is 36.7 Å². The Labute approximate surface area is 99.1 Å². The molecule has 17 heavy (non-hydrogen) atoms. The summed E-state index contributed by atoms with van der Waals surface area (Å²) in [5.41, 5.74) is 5.97. The fraction of sp³-hybridized carbons (Fsp3) is 0.636. The average Bonchev–Trinajstić information content (AvgIpc) is 2.90. The molecule has 0 radical (unpaired) electrons. The summed E-state index contributed by atoms with van der Waals surface area (Å²) in [6.07, 6.45) is 4.10. The van der Waals surface area contributed by atoms with Crippen LogP contribution in [0.25, 0.3) is 0 Å². The number of ether oxygens (including phenoxy) is 2. The average molecular weight is 240 g/mol. The summed E-state index contributed by atoms with van der Waals surface area (Å²) < 4.78 is 15.3. The number of hydrogen-bond donors (Lipinski definition) is 1. The third kappa shape index (κ3) is 2.76.